The second-order valence-electron chi connectivity index (χ2n) is 4.23. The number of hydrogen-bond donors (Lipinski definition) is 2. The number of nitrogens with one attached hydrogen (secondary N) is 1. The van der Waals surface area contributed by atoms with Crippen molar-refractivity contribution in [1.29, 1.82) is 0 Å². The number of halogens is 1. The molecular formula is C10H14BrNO4S2. The molecule has 5 nitrogen and oxygen atoms in total. The Morgan fingerprint density at radius 1 is 1.50 bits per heavy atom. The molecule has 0 radical (unpaired) electrons. The third kappa shape index (κ3) is 4.04. The molecule has 1 aromatic heterocycles. The van der Waals surface area contributed by atoms with Crippen molar-refractivity contribution < 1.29 is 18.3 Å². The van der Waals surface area contributed by atoms with Crippen LogP contribution in [0.1, 0.15) is 20.3 Å². The van der Waals surface area contributed by atoms with Gasteiger partial charge in [-0.15, -0.1) is 11.3 Å². The van der Waals surface area contributed by atoms with Crippen molar-refractivity contribution in [3.63, 3.8) is 0 Å². The predicted octanol–water partition coefficient (Wildman–Crippen LogP) is 2.29. The molecule has 0 fully saturated rings. The second-order valence-corrected chi connectivity index (χ2v) is 7.51. The minimum absolute atomic E-state index is 0.0718. The highest BCUT2D eigenvalue weighted by Gasteiger charge is 2.27. The summed E-state index contributed by atoms with van der Waals surface area (Å²) in [6, 6.07) is -1.11. The first kappa shape index (κ1) is 15.6. The van der Waals surface area contributed by atoms with Gasteiger partial charge in [-0.2, -0.15) is 4.72 Å². The quantitative estimate of drug-likeness (QED) is 0.819. The molecule has 0 bridgehead atoms. The zero-order valence-electron chi connectivity index (χ0n) is 9.88. The smallest absolute Gasteiger partial charge is 0.321 e. The SMILES string of the molecule is CC(C)C[C@@H](NS(=O)(=O)c1cscc1Br)C(=O)O. The van der Waals surface area contributed by atoms with Gasteiger partial charge in [0, 0.05) is 15.2 Å². The average molecular weight is 356 g/mol. The molecule has 1 aromatic rings. The van der Waals surface area contributed by atoms with Gasteiger partial charge in [0.15, 0.2) is 0 Å². The zero-order chi connectivity index (χ0) is 13.9. The number of aliphatic carboxylic acids is 1. The lowest BCUT2D eigenvalue weighted by atomic mass is 10.1. The fourth-order valence-electron chi connectivity index (χ4n) is 1.38. The number of carboxylic acids is 1. The van der Waals surface area contributed by atoms with Gasteiger partial charge < -0.3 is 5.11 Å². The van der Waals surface area contributed by atoms with Crippen LogP contribution in [0.15, 0.2) is 20.1 Å². The van der Waals surface area contributed by atoms with E-state index in [1.54, 1.807) is 5.38 Å². The summed E-state index contributed by atoms with van der Waals surface area (Å²) < 4.78 is 26.7. The lowest BCUT2D eigenvalue weighted by Gasteiger charge is -2.16. The summed E-state index contributed by atoms with van der Waals surface area (Å²) in [6.07, 6.45) is 0.246. The Bertz CT molecular complexity index is 524. The van der Waals surface area contributed by atoms with Gasteiger partial charge in [-0.3, -0.25) is 4.79 Å². The zero-order valence-corrected chi connectivity index (χ0v) is 13.1. The lowest BCUT2D eigenvalue weighted by Crippen LogP contribution is -2.41. The Hall–Kier alpha value is -0.440. The van der Waals surface area contributed by atoms with Crippen LogP contribution in [0.25, 0.3) is 0 Å². The molecule has 0 saturated carbocycles. The van der Waals surface area contributed by atoms with Gasteiger partial charge in [0.1, 0.15) is 10.9 Å². The molecule has 0 amide bonds. The monoisotopic (exact) mass is 355 g/mol. The fourth-order valence-corrected chi connectivity index (χ4v) is 4.94. The summed E-state index contributed by atoms with van der Waals surface area (Å²) in [5.41, 5.74) is 0. The van der Waals surface area contributed by atoms with Crippen molar-refractivity contribution in [2.24, 2.45) is 5.92 Å². The van der Waals surface area contributed by atoms with E-state index in [2.05, 4.69) is 20.7 Å². The highest BCUT2D eigenvalue weighted by molar-refractivity contribution is 9.10. The molecular weight excluding hydrogens is 342 g/mol. The highest BCUT2D eigenvalue weighted by Crippen LogP contribution is 2.26. The fraction of sp³-hybridized carbons (Fsp3) is 0.500. The molecule has 2 N–H and O–H groups in total. The number of carboxylic acid groups (broad SMARTS) is 1. The van der Waals surface area contributed by atoms with Crippen LogP contribution in [0, 0.1) is 5.92 Å². The van der Waals surface area contributed by atoms with Gasteiger partial charge in [0.2, 0.25) is 10.0 Å². The van der Waals surface area contributed by atoms with Crippen LogP contribution in [0.4, 0.5) is 0 Å². The normalized spacial score (nSPS) is 13.8. The second kappa shape index (κ2) is 6.14. The van der Waals surface area contributed by atoms with E-state index in [0.717, 1.165) is 0 Å². The topological polar surface area (TPSA) is 83.5 Å². The van der Waals surface area contributed by atoms with E-state index >= 15 is 0 Å². The first-order valence-corrected chi connectivity index (χ1v) is 8.42. The maximum absolute atomic E-state index is 12.0. The van der Waals surface area contributed by atoms with Crippen molar-refractivity contribution >= 4 is 43.3 Å². The molecule has 0 aromatic carbocycles. The lowest BCUT2D eigenvalue weighted by molar-refractivity contribution is -0.139. The summed E-state index contributed by atoms with van der Waals surface area (Å²) >= 11 is 4.35. The van der Waals surface area contributed by atoms with E-state index in [0.29, 0.717) is 4.47 Å². The Labute approximate surface area is 118 Å². The predicted molar refractivity (Wildman–Crippen MR) is 73.2 cm³/mol. The molecule has 8 heteroatoms. The Morgan fingerprint density at radius 3 is 2.50 bits per heavy atom. The largest absolute Gasteiger partial charge is 0.480 e. The number of rotatable bonds is 6. The van der Waals surface area contributed by atoms with Crippen LogP contribution >= 0.6 is 27.3 Å². The molecule has 0 aliphatic carbocycles. The summed E-state index contributed by atoms with van der Waals surface area (Å²) in [4.78, 5) is 11.1. The van der Waals surface area contributed by atoms with Crippen LogP contribution < -0.4 is 4.72 Å². The van der Waals surface area contributed by atoms with Crippen molar-refractivity contribution in [1.82, 2.24) is 4.72 Å². The summed E-state index contributed by atoms with van der Waals surface area (Å²) in [5, 5.41) is 12.1. The van der Waals surface area contributed by atoms with E-state index < -0.39 is 22.0 Å². The highest BCUT2D eigenvalue weighted by atomic mass is 79.9. The van der Waals surface area contributed by atoms with Crippen LogP contribution in [-0.4, -0.2) is 25.5 Å². The van der Waals surface area contributed by atoms with Crippen molar-refractivity contribution in [3.8, 4) is 0 Å². The molecule has 102 valence electrons. The van der Waals surface area contributed by atoms with Crippen molar-refractivity contribution in [2.75, 3.05) is 0 Å². The minimum atomic E-state index is -3.80. The number of thiophene rings is 1. The van der Waals surface area contributed by atoms with E-state index in [4.69, 9.17) is 5.11 Å². The molecule has 0 aliphatic heterocycles. The van der Waals surface area contributed by atoms with Crippen LogP contribution in [0.5, 0.6) is 0 Å². The van der Waals surface area contributed by atoms with Gasteiger partial charge in [-0.1, -0.05) is 13.8 Å². The van der Waals surface area contributed by atoms with Gasteiger partial charge in [-0.05, 0) is 28.3 Å². The van der Waals surface area contributed by atoms with Crippen molar-refractivity contribution in [3.05, 3.63) is 15.2 Å². The van der Waals surface area contributed by atoms with Crippen molar-refractivity contribution in [2.45, 2.75) is 31.2 Å². The van der Waals surface area contributed by atoms with E-state index in [1.807, 2.05) is 13.8 Å². The molecule has 1 heterocycles. The van der Waals surface area contributed by atoms with E-state index in [9.17, 15) is 13.2 Å². The molecule has 1 rings (SSSR count). The number of hydrogen-bond acceptors (Lipinski definition) is 4. The molecule has 0 saturated heterocycles. The molecule has 0 spiro atoms. The van der Waals surface area contributed by atoms with Gasteiger partial charge in [0.25, 0.3) is 0 Å². The third-order valence-electron chi connectivity index (χ3n) is 2.17. The maximum atomic E-state index is 12.0. The molecule has 18 heavy (non-hydrogen) atoms. The molecule has 0 aliphatic rings. The van der Waals surface area contributed by atoms with Gasteiger partial charge in [0.05, 0.1) is 0 Å². The maximum Gasteiger partial charge on any atom is 0.321 e. The van der Waals surface area contributed by atoms with Crippen LogP contribution in [0.2, 0.25) is 0 Å². The Balaban J connectivity index is 2.94. The van der Waals surface area contributed by atoms with Gasteiger partial charge >= 0.3 is 5.97 Å². The first-order chi connectivity index (χ1) is 8.24. The van der Waals surface area contributed by atoms with Crippen LogP contribution in [0.3, 0.4) is 0 Å². The number of sulfonamides is 1. The summed E-state index contributed by atoms with van der Waals surface area (Å²) in [6.45, 7) is 3.68. The minimum Gasteiger partial charge on any atom is -0.480 e. The average Bonchev–Trinajstić information content (AvgIpc) is 2.62. The Morgan fingerprint density at radius 2 is 2.11 bits per heavy atom. The summed E-state index contributed by atoms with van der Waals surface area (Å²) in [7, 11) is -3.80. The van der Waals surface area contributed by atoms with Crippen LogP contribution in [-0.2, 0) is 14.8 Å². The van der Waals surface area contributed by atoms with Gasteiger partial charge in [-0.25, -0.2) is 8.42 Å². The number of carbonyl (C=O) groups is 1. The molecule has 1 atom stereocenters. The third-order valence-corrected chi connectivity index (χ3v) is 5.80. The standard InChI is InChI=1S/C10H14BrNO4S2/c1-6(2)3-8(10(13)14)12-18(15,16)9-5-17-4-7(9)11/h4-6,8,12H,3H2,1-2H3,(H,13,14)/t8-/m1/s1. The van der Waals surface area contributed by atoms with E-state index in [1.165, 1.54) is 16.7 Å². The first-order valence-electron chi connectivity index (χ1n) is 5.21. The molecule has 0 unspecified atom stereocenters. The van der Waals surface area contributed by atoms with E-state index in [-0.39, 0.29) is 17.2 Å². The summed E-state index contributed by atoms with van der Waals surface area (Å²) in [5.74, 6) is -1.08. The Kier molecular flexibility index (Phi) is 5.32.